The summed E-state index contributed by atoms with van der Waals surface area (Å²) in [6.45, 7) is 0. The number of fused-ring (bicyclic) bond motifs is 1. The van der Waals surface area contributed by atoms with Crippen LogP contribution in [0.2, 0.25) is 5.02 Å². The smallest absolute Gasteiger partial charge is 0.249 e. The molecule has 2 heterocycles. The fourth-order valence-electron chi connectivity index (χ4n) is 4.23. The number of anilines is 1. The third-order valence-electron chi connectivity index (χ3n) is 6.22. The molecule has 200 valence electrons. The second-order valence-electron chi connectivity index (χ2n) is 8.97. The Bertz CT molecular complexity index is 1800. The highest BCUT2D eigenvalue weighted by Gasteiger charge is 2.14. The van der Waals surface area contributed by atoms with Crippen molar-refractivity contribution < 1.29 is 23.5 Å². The molecule has 5 N–H and O–H groups in total. The topological polar surface area (TPSA) is 121 Å². The van der Waals surface area contributed by atoms with Gasteiger partial charge in [-0.1, -0.05) is 41.9 Å². The number of halogens is 3. The van der Waals surface area contributed by atoms with Gasteiger partial charge in [0, 0.05) is 28.3 Å². The number of nitrogens with two attached hydrogens (primary N) is 1. The molecule has 2 amide bonds. The van der Waals surface area contributed by atoms with Crippen LogP contribution < -0.4 is 11.1 Å². The van der Waals surface area contributed by atoms with Gasteiger partial charge in [0.1, 0.15) is 28.8 Å². The number of hydrogen-bond acceptors (Lipinski definition) is 4. The fourth-order valence-corrected chi connectivity index (χ4v) is 4.42. The van der Waals surface area contributed by atoms with Gasteiger partial charge >= 0.3 is 0 Å². The first-order chi connectivity index (χ1) is 19.2. The molecule has 2 aromatic heterocycles. The van der Waals surface area contributed by atoms with Crippen LogP contribution in [0.3, 0.4) is 0 Å². The van der Waals surface area contributed by atoms with Crippen LogP contribution in [0.25, 0.3) is 33.8 Å². The summed E-state index contributed by atoms with van der Waals surface area (Å²) in [6.07, 6.45) is 3.28. The summed E-state index contributed by atoms with van der Waals surface area (Å²) in [5.74, 6) is -1.87. The van der Waals surface area contributed by atoms with Gasteiger partial charge in [0.2, 0.25) is 11.8 Å². The number of carbonyl (C=O) groups excluding carboxylic acids is 2. The Morgan fingerprint density at radius 2 is 1.80 bits per heavy atom. The number of phenols is 1. The number of amides is 2. The van der Waals surface area contributed by atoms with E-state index in [9.17, 15) is 23.5 Å². The summed E-state index contributed by atoms with van der Waals surface area (Å²) in [7, 11) is 0. The van der Waals surface area contributed by atoms with Gasteiger partial charge in [0.15, 0.2) is 0 Å². The molecule has 0 saturated carbocycles. The number of aromatic hydroxyl groups is 1. The quantitative estimate of drug-likeness (QED) is 0.181. The van der Waals surface area contributed by atoms with Crippen LogP contribution in [-0.2, 0) is 16.0 Å². The van der Waals surface area contributed by atoms with E-state index in [0.29, 0.717) is 39.1 Å². The maximum atomic E-state index is 14.0. The van der Waals surface area contributed by atoms with Crippen LogP contribution in [0.1, 0.15) is 16.7 Å². The van der Waals surface area contributed by atoms with Crippen molar-refractivity contribution >= 4 is 51.9 Å². The second-order valence-corrected chi connectivity index (χ2v) is 9.38. The first-order valence-electron chi connectivity index (χ1n) is 12.0. The molecule has 0 radical (unpaired) electrons. The molecule has 0 atom stereocenters. The van der Waals surface area contributed by atoms with Gasteiger partial charge < -0.3 is 21.1 Å². The zero-order chi connectivity index (χ0) is 28.4. The van der Waals surface area contributed by atoms with E-state index >= 15 is 0 Å². The van der Waals surface area contributed by atoms with Gasteiger partial charge in [-0.15, -0.1) is 0 Å². The molecule has 0 saturated heterocycles. The number of aromatic amines is 1. The number of primary amides is 1. The van der Waals surface area contributed by atoms with Gasteiger partial charge in [0.05, 0.1) is 11.4 Å². The first kappa shape index (κ1) is 26.6. The molecule has 0 aliphatic rings. The van der Waals surface area contributed by atoms with Crippen molar-refractivity contribution in [2.24, 2.45) is 5.73 Å². The number of aromatic nitrogens is 2. The van der Waals surface area contributed by atoms with Gasteiger partial charge in [-0.05, 0) is 65.2 Å². The van der Waals surface area contributed by atoms with Crippen molar-refractivity contribution in [1.82, 2.24) is 9.97 Å². The molecule has 0 bridgehead atoms. The Hall–Kier alpha value is -5.02. The normalized spacial score (nSPS) is 11.5. The van der Waals surface area contributed by atoms with Crippen molar-refractivity contribution in [3.8, 4) is 16.9 Å². The number of nitrogens with zero attached hydrogens (tertiary/aromatic N) is 1. The van der Waals surface area contributed by atoms with E-state index in [2.05, 4.69) is 15.3 Å². The van der Waals surface area contributed by atoms with Crippen LogP contribution in [0, 0.1) is 11.6 Å². The monoisotopic (exact) mass is 558 g/mol. The largest absolute Gasteiger partial charge is 0.506 e. The summed E-state index contributed by atoms with van der Waals surface area (Å²) >= 11 is 5.99. The molecular weight excluding hydrogens is 538 g/mol. The Labute approximate surface area is 231 Å². The lowest BCUT2D eigenvalue weighted by atomic mass is 10.0. The maximum Gasteiger partial charge on any atom is 0.249 e. The predicted octanol–water partition coefficient (Wildman–Crippen LogP) is 6.07. The number of rotatable bonds is 7. The summed E-state index contributed by atoms with van der Waals surface area (Å²) in [6, 6.07) is 17.6. The first-order valence-corrected chi connectivity index (χ1v) is 12.4. The number of nitrogens with one attached hydrogen (secondary N) is 2. The molecule has 5 rings (SSSR count). The van der Waals surface area contributed by atoms with Crippen molar-refractivity contribution in [3.05, 3.63) is 112 Å². The SMILES string of the molecule is NC(=O)C(=Cc1c[nH]c2nc(NC(=O)Cc3ccc(-c4cc(F)ccc4F)cc3)ccc12)c1ccc(O)c(Cl)c1. The summed E-state index contributed by atoms with van der Waals surface area (Å²) < 4.78 is 27.6. The Balaban J connectivity index is 1.31. The number of carbonyl (C=O) groups is 2. The van der Waals surface area contributed by atoms with Crippen LogP contribution >= 0.6 is 11.6 Å². The number of pyridine rings is 1. The Morgan fingerprint density at radius 1 is 1.02 bits per heavy atom. The van der Waals surface area contributed by atoms with Crippen molar-refractivity contribution in [2.75, 3.05) is 5.32 Å². The van der Waals surface area contributed by atoms with Crippen LogP contribution in [-0.4, -0.2) is 26.9 Å². The van der Waals surface area contributed by atoms with Crippen LogP contribution in [0.15, 0.2) is 79.0 Å². The van der Waals surface area contributed by atoms with Gasteiger partial charge in [-0.2, -0.15) is 0 Å². The van der Waals surface area contributed by atoms with E-state index in [1.165, 1.54) is 18.2 Å². The zero-order valence-corrected chi connectivity index (χ0v) is 21.5. The number of hydrogen-bond donors (Lipinski definition) is 4. The van der Waals surface area contributed by atoms with E-state index in [4.69, 9.17) is 17.3 Å². The van der Waals surface area contributed by atoms with Crippen molar-refractivity contribution in [2.45, 2.75) is 6.42 Å². The highest BCUT2D eigenvalue weighted by atomic mass is 35.5. The Kier molecular flexibility index (Phi) is 7.31. The third-order valence-corrected chi connectivity index (χ3v) is 6.52. The molecule has 0 fully saturated rings. The minimum atomic E-state index is -0.679. The van der Waals surface area contributed by atoms with E-state index in [1.807, 2.05) is 0 Å². The average molecular weight is 559 g/mol. The molecule has 10 heteroatoms. The van der Waals surface area contributed by atoms with Crippen LogP contribution in [0.4, 0.5) is 14.6 Å². The minimum Gasteiger partial charge on any atom is -0.506 e. The molecule has 7 nitrogen and oxygen atoms in total. The number of phenolic OH excluding ortho intramolecular Hbond substituents is 1. The van der Waals surface area contributed by atoms with Crippen molar-refractivity contribution in [3.63, 3.8) is 0 Å². The summed E-state index contributed by atoms with van der Waals surface area (Å²) in [5, 5.41) is 13.2. The average Bonchev–Trinajstić information content (AvgIpc) is 3.32. The molecule has 0 aliphatic carbocycles. The fraction of sp³-hybridized carbons (Fsp3) is 0.0333. The number of benzene rings is 3. The Morgan fingerprint density at radius 3 is 2.52 bits per heavy atom. The third kappa shape index (κ3) is 5.69. The minimum absolute atomic E-state index is 0.0432. The standard InChI is InChI=1S/C30H21ClF2N4O3/c31-24-13-18(5-9-26(24)38)23(29(34)40)12-19-15-35-30-21(19)7-10-27(37-30)36-28(39)11-16-1-3-17(4-2-16)22-14-20(32)6-8-25(22)33/h1-10,12-15,38H,11H2,(H2,34,40)(H2,35,36,37,39). The van der Waals surface area contributed by atoms with Crippen LogP contribution in [0.5, 0.6) is 5.75 Å². The molecule has 5 aromatic rings. The maximum absolute atomic E-state index is 14.0. The molecular formula is C30H21ClF2N4O3. The van der Waals surface area contributed by atoms with E-state index in [0.717, 1.165) is 18.2 Å². The lowest BCUT2D eigenvalue weighted by Gasteiger charge is -2.07. The molecule has 3 aromatic carbocycles. The van der Waals surface area contributed by atoms with E-state index in [-0.39, 0.29) is 34.2 Å². The van der Waals surface area contributed by atoms with Gasteiger partial charge in [-0.3, -0.25) is 9.59 Å². The molecule has 0 spiro atoms. The predicted molar refractivity (Wildman–Crippen MR) is 150 cm³/mol. The zero-order valence-electron chi connectivity index (χ0n) is 20.7. The lowest BCUT2D eigenvalue weighted by Crippen LogP contribution is -2.15. The number of H-pyrrole nitrogens is 1. The second kappa shape index (κ2) is 11.0. The highest BCUT2D eigenvalue weighted by molar-refractivity contribution is 6.33. The summed E-state index contributed by atoms with van der Waals surface area (Å²) in [5.41, 5.74) is 8.64. The summed E-state index contributed by atoms with van der Waals surface area (Å²) in [4.78, 5) is 32.2. The van der Waals surface area contributed by atoms with E-state index < -0.39 is 17.5 Å². The van der Waals surface area contributed by atoms with Gasteiger partial charge in [-0.25, -0.2) is 13.8 Å². The van der Waals surface area contributed by atoms with E-state index in [1.54, 1.807) is 48.7 Å². The molecule has 0 unspecified atom stereocenters. The van der Waals surface area contributed by atoms with Crippen molar-refractivity contribution in [1.29, 1.82) is 0 Å². The highest BCUT2D eigenvalue weighted by Crippen LogP contribution is 2.30. The lowest BCUT2D eigenvalue weighted by molar-refractivity contribution is -0.115. The molecule has 40 heavy (non-hydrogen) atoms. The van der Waals surface area contributed by atoms with Gasteiger partial charge in [0.25, 0.3) is 0 Å². The molecule has 0 aliphatic heterocycles.